The summed E-state index contributed by atoms with van der Waals surface area (Å²) in [5, 5.41) is 15.1. The highest BCUT2D eigenvalue weighted by molar-refractivity contribution is 5.74. The smallest absolute Gasteiger partial charge is 0.315 e. The number of hydrogen-bond acceptors (Lipinski definition) is 2. The van der Waals surface area contributed by atoms with E-state index >= 15 is 0 Å². The minimum atomic E-state index is -0.129. The maximum absolute atomic E-state index is 12.2. The molecule has 3 N–H and O–H groups in total. The molecule has 1 aliphatic rings. The summed E-state index contributed by atoms with van der Waals surface area (Å²) < 4.78 is 0. The Morgan fingerprint density at radius 2 is 2.00 bits per heavy atom. The lowest BCUT2D eigenvalue weighted by Gasteiger charge is -2.35. The summed E-state index contributed by atoms with van der Waals surface area (Å²) in [5.74, 6) is 0.538. The Balaban J connectivity index is 1.97. The zero-order valence-corrected chi connectivity index (χ0v) is 12.7. The highest BCUT2D eigenvalue weighted by Gasteiger charge is 2.29. The van der Waals surface area contributed by atoms with Gasteiger partial charge in [-0.2, -0.15) is 0 Å². The molecule has 0 heterocycles. The van der Waals surface area contributed by atoms with Crippen LogP contribution in [0.3, 0.4) is 0 Å². The number of rotatable bonds is 7. The number of hydrogen-bond donors (Lipinski definition) is 3. The number of aliphatic hydroxyl groups excluding tert-OH is 1. The highest BCUT2D eigenvalue weighted by atomic mass is 16.3. The summed E-state index contributed by atoms with van der Waals surface area (Å²) in [6.45, 7) is 2.12. The van der Waals surface area contributed by atoms with Crippen LogP contribution in [-0.2, 0) is 0 Å². The second-order valence-corrected chi connectivity index (χ2v) is 5.81. The zero-order chi connectivity index (χ0) is 15.1. The van der Waals surface area contributed by atoms with Gasteiger partial charge in [0, 0.05) is 12.6 Å². The molecule has 0 aromatic heterocycles. The van der Waals surface area contributed by atoms with Crippen LogP contribution in [0.4, 0.5) is 4.79 Å². The fraction of sp³-hybridized carbons (Fsp3) is 0.588. The van der Waals surface area contributed by atoms with Gasteiger partial charge in [0.05, 0.1) is 6.04 Å². The fourth-order valence-electron chi connectivity index (χ4n) is 2.81. The largest absolute Gasteiger partial charge is 0.396 e. The molecule has 0 aliphatic heterocycles. The molecular weight excluding hydrogens is 264 g/mol. The number of carbonyl (C=O) groups is 1. The number of amides is 2. The van der Waals surface area contributed by atoms with Crippen molar-refractivity contribution in [2.75, 3.05) is 6.61 Å². The first-order valence-corrected chi connectivity index (χ1v) is 7.97. The van der Waals surface area contributed by atoms with Gasteiger partial charge in [0.25, 0.3) is 0 Å². The van der Waals surface area contributed by atoms with Gasteiger partial charge in [-0.25, -0.2) is 4.79 Å². The molecule has 21 heavy (non-hydrogen) atoms. The molecule has 2 amide bonds. The average molecular weight is 290 g/mol. The van der Waals surface area contributed by atoms with Crippen molar-refractivity contribution in [2.45, 2.75) is 51.1 Å². The van der Waals surface area contributed by atoms with E-state index in [1.165, 1.54) is 24.8 Å². The minimum absolute atomic E-state index is 0.0350. The van der Waals surface area contributed by atoms with Gasteiger partial charge in [0.1, 0.15) is 0 Å². The molecule has 2 rings (SSSR count). The maximum Gasteiger partial charge on any atom is 0.315 e. The second kappa shape index (κ2) is 8.03. The average Bonchev–Trinajstić information content (AvgIpc) is 2.45. The molecule has 2 atom stereocenters. The van der Waals surface area contributed by atoms with Crippen molar-refractivity contribution in [1.82, 2.24) is 10.6 Å². The van der Waals surface area contributed by atoms with E-state index in [-0.39, 0.29) is 24.7 Å². The third-order valence-electron chi connectivity index (χ3n) is 4.37. The summed E-state index contributed by atoms with van der Waals surface area (Å²) >= 11 is 0. The van der Waals surface area contributed by atoms with Gasteiger partial charge in [0.2, 0.25) is 0 Å². The monoisotopic (exact) mass is 290 g/mol. The summed E-state index contributed by atoms with van der Waals surface area (Å²) in [4.78, 5) is 12.2. The zero-order valence-electron chi connectivity index (χ0n) is 12.7. The molecule has 0 saturated heterocycles. The maximum atomic E-state index is 12.2. The standard InChI is InChI=1S/C17H26N2O2/c1-2-15(11-12-20)18-17(21)19-16(14-9-6-10-14)13-7-4-3-5-8-13/h3-5,7-8,14-16,20H,2,6,9-12H2,1H3,(H2,18,19,21). The van der Waals surface area contributed by atoms with Crippen molar-refractivity contribution < 1.29 is 9.90 Å². The van der Waals surface area contributed by atoms with E-state index in [0.717, 1.165) is 6.42 Å². The lowest BCUT2D eigenvalue weighted by atomic mass is 9.77. The Morgan fingerprint density at radius 1 is 1.29 bits per heavy atom. The van der Waals surface area contributed by atoms with Gasteiger partial charge in [-0.3, -0.25) is 0 Å². The molecule has 1 fully saturated rings. The van der Waals surface area contributed by atoms with Crippen molar-refractivity contribution in [3.8, 4) is 0 Å². The molecule has 1 aromatic carbocycles. The number of aliphatic hydroxyl groups is 1. The van der Waals surface area contributed by atoms with Gasteiger partial charge in [0.15, 0.2) is 0 Å². The van der Waals surface area contributed by atoms with Crippen molar-refractivity contribution in [3.05, 3.63) is 35.9 Å². The minimum Gasteiger partial charge on any atom is -0.396 e. The number of nitrogens with one attached hydrogen (secondary N) is 2. The van der Waals surface area contributed by atoms with Gasteiger partial charge in [-0.15, -0.1) is 0 Å². The quantitative estimate of drug-likeness (QED) is 0.723. The Hall–Kier alpha value is -1.55. The molecule has 1 aromatic rings. The van der Waals surface area contributed by atoms with Crippen LogP contribution in [0.25, 0.3) is 0 Å². The Morgan fingerprint density at radius 3 is 2.52 bits per heavy atom. The number of urea groups is 1. The first-order chi connectivity index (χ1) is 10.2. The van der Waals surface area contributed by atoms with Crippen LogP contribution in [0.15, 0.2) is 30.3 Å². The van der Waals surface area contributed by atoms with Crippen LogP contribution >= 0.6 is 0 Å². The van der Waals surface area contributed by atoms with Crippen molar-refractivity contribution in [1.29, 1.82) is 0 Å². The number of benzene rings is 1. The van der Waals surface area contributed by atoms with Crippen LogP contribution < -0.4 is 10.6 Å². The Bertz CT molecular complexity index is 432. The molecule has 1 aliphatic carbocycles. The van der Waals surface area contributed by atoms with Gasteiger partial charge >= 0.3 is 6.03 Å². The van der Waals surface area contributed by atoms with Gasteiger partial charge in [-0.05, 0) is 37.2 Å². The molecule has 2 unspecified atom stereocenters. The first-order valence-electron chi connectivity index (χ1n) is 7.97. The molecule has 1 saturated carbocycles. The van der Waals surface area contributed by atoms with Crippen LogP contribution in [0.1, 0.15) is 50.6 Å². The van der Waals surface area contributed by atoms with Crippen LogP contribution in [0, 0.1) is 5.92 Å². The van der Waals surface area contributed by atoms with Crippen molar-refractivity contribution >= 4 is 6.03 Å². The van der Waals surface area contributed by atoms with Crippen LogP contribution in [0.2, 0.25) is 0 Å². The van der Waals surface area contributed by atoms with Gasteiger partial charge < -0.3 is 15.7 Å². The van der Waals surface area contributed by atoms with E-state index in [0.29, 0.717) is 12.3 Å². The Labute approximate surface area is 126 Å². The number of carbonyl (C=O) groups excluding carboxylic acids is 1. The Kier molecular flexibility index (Phi) is 6.05. The topological polar surface area (TPSA) is 61.4 Å². The lowest BCUT2D eigenvalue weighted by molar-refractivity contribution is 0.201. The van der Waals surface area contributed by atoms with Crippen molar-refractivity contribution in [3.63, 3.8) is 0 Å². The first kappa shape index (κ1) is 15.8. The van der Waals surface area contributed by atoms with E-state index in [1.807, 2.05) is 25.1 Å². The van der Waals surface area contributed by atoms with E-state index in [9.17, 15) is 4.79 Å². The van der Waals surface area contributed by atoms with Crippen molar-refractivity contribution in [2.24, 2.45) is 5.92 Å². The predicted molar refractivity (Wildman–Crippen MR) is 84.0 cm³/mol. The summed E-state index contributed by atoms with van der Waals surface area (Å²) in [5.41, 5.74) is 1.17. The van der Waals surface area contributed by atoms with E-state index < -0.39 is 0 Å². The molecule has 4 nitrogen and oxygen atoms in total. The molecule has 4 heteroatoms. The predicted octanol–water partition coefficient (Wildman–Crippen LogP) is 2.99. The highest BCUT2D eigenvalue weighted by Crippen LogP contribution is 2.37. The summed E-state index contributed by atoms with van der Waals surface area (Å²) in [7, 11) is 0. The fourth-order valence-corrected chi connectivity index (χ4v) is 2.81. The third kappa shape index (κ3) is 4.46. The van der Waals surface area contributed by atoms with Crippen LogP contribution in [-0.4, -0.2) is 23.8 Å². The van der Waals surface area contributed by atoms with Gasteiger partial charge in [-0.1, -0.05) is 43.7 Å². The molecular formula is C17H26N2O2. The lowest BCUT2D eigenvalue weighted by Crippen LogP contribution is -2.46. The third-order valence-corrected chi connectivity index (χ3v) is 4.37. The normalized spacial score (nSPS) is 17.6. The molecule has 0 bridgehead atoms. The van der Waals surface area contributed by atoms with E-state index in [4.69, 9.17) is 5.11 Å². The summed E-state index contributed by atoms with van der Waals surface area (Å²) in [6, 6.07) is 10.2. The molecule has 0 radical (unpaired) electrons. The SMILES string of the molecule is CCC(CCO)NC(=O)NC(c1ccccc1)C1CCC1. The van der Waals surface area contributed by atoms with Crippen LogP contribution in [0.5, 0.6) is 0 Å². The summed E-state index contributed by atoms with van der Waals surface area (Å²) in [6.07, 6.45) is 5.03. The molecule has 0 spiro atoms. The second-order valence-electron chi connectivity index (χ2n) is 5.81. The van der Waals surface area contributed by atoms with E-state index in [1.54, 1.807) is 0 Å². The van der Waals surface area contributed by atoms with E-state index in [2.05, 4.69) is 22.8 Å². The molecule has 116 valence electrons.